The Morgan fingerprint density at radius 1 is 1.20 bits per heavy atom. The smallest absolute Gasteiger partial charge is 0.341 e. The summed E-state index contributed by atoms with van der Waals surface area (Å²) in [4.78, 5) is 31.0. The highest BCUT2D eigenvalue weighted by Gasteiger charge is 2.25. The standard InChI is InChI=1S/C23H26N2O3S2/c1-7-17(21(26)25-22-19(23(27)28-6)14(4)15(5)29-22)30-18-11-13(3)16-10-8-9-12(2)20(16)24-18/h8-11,17H,7H2,1-6H3,(H,25,26). The fraction of sp³-hybridized carbons (Fsp3) is 0.348. The summed E-state index contributed by atoms with van der Waals surface area (Å²) < 4.78 is 4.90. The molecule has 0 aliphatic heterocycles. The Labute approximate surface area is 185 Å². The van der Waals surface area contributed by atoms with Crippen LogP contribution in [0.2, 0.25) is 0 Å². The number of methoxy groups -OCH3 is 1. The summed E-state index contributed by atoms with van der Waals surface area (Å²) in [6, 6.07) is 8.18. The number of nitrogens with zero attached hydrogens (tertiary/aromatic N) is 1. The second-order valence-corrected chi connectivity index (χ2v) is 9.68. The molecule has 3 aromatic rings. The highest BCUT2D eigenvalue weighted by atomic mass is 32.2. The first-order valence-electron chi connectivity index (χ1n) is 9.79. The first-order chi connectivity index (χ1) is 14.3. The van der Waals surface area contributed by atoms with Crippen LogP contribution in [0.1, 0.15) is 45.3 Å². The molecule has 158 valence electrons. The van der Waals surface area contributed by atoms with Gasteiger partial charge < -0.3 is 10.1 Å². The van der Waals surface area contributed by atoms with Crippen molar-refractivity contribution in [1.29, 1.82) is 0 Å². The number of carbonyl (C=O) groups is 2. The van der Waals surface area contributed by atoms with Crippen molar-refractivity contribution in [3.8, 4) is 0 Å². The van der Waals surface area contributed by atoms with Gasteiger partial charge in [-0.3, -0.25) is 4.79 Å². The molecular weight excluding hydrogens is 416 g/mol. The molecule has 1 aromatic carbocycles. The Morgan fingerprint density at radius 2 is 1.93 bits per heavy atom. The van der Waals surface area contributed by atoms with E-state index in [4.69, 9.17) is 9.72 Å². The summed E-state index contributed by atoms with van der Waals surface area (Å²) in [6.45, 7) is 9.88. The number of thioether (sulfide) groups is 1. The number of esters is 1. The van der Waals surface area contributed by atoms with Crippen LogP contribution in [0.15, 0.2) is 29.3 Å². The molecule has 0 fully saturated rings. The van der Waals surface area contributed by atoms with Crippen molar-refractivity contribution in [2.24, 2.45) is 0 Å². The number of hydrogen-bond donors (Lipinski definition) is 1. The van der Waals surface area contributed by atoms with E-state index < -0.39 is 5.97 Å². The summed E-state index contributed by atoms with van der Waals surface area (Å²) in [5.74, 6) is -0.576. The van der Waals surface area contributed by atoms with Gasteiger partial charge >= 0.3 is 5.97 Å². The Morgan fingerprint density at radius 3 is 2.60 bits per heavy atom. The molecule has 0 radical (unpaired) electrons. The van der Waals surface area contributed by atoms with Gasteiger partial charge in [-0.2, -0.15) is 0 Å². The first kappa shape index (κ1) is 22.3. The molecule has 2 aromatic heterocycles. The van der Waals surface area contributed by atoms with Gasteiger partial charge in [0.05, 0.1) is 28.5 Å². The zero-order valence-electron chi connectivity index (χ0n) is 18.1. The first-order valence-corrected chi connectivity index (χ1v) is 11.5. The summed E-state index contributed by atoms with van der Waals surface area (Å²) in [6.07, 6.45) is 0.639. The second kappa shape index (κ2) is 9.18. The predicted molar refractivity (Wildman–Crippen MR) is 125 cm³/mol. The maximum absolute atomic E-state index is 13.0. The van der Waals surface area contributed by atoms with Crippen molar-refractivity contribution in [3.05, 3.63) is 51.4 Å². The minimum absolute atomic E-state index is 0.141. The number of anilines is 1. The zero-order chi connectivity index (χ0) is 22.0. The number of fused-ring (bicyclic) bond motifs is 1. The molecule has 30 heavy (non-hydrogen) atoms. The average Bonchev–Trinajstić information content (AvgIpc) is 2.99. The van der Waals surface area contributed by atoms with Crippen LogP contribution in [0, 0.1) is 27.7 Å². The van der Waals surface area contributed by atoms with Crippen LogP contribution in [0.3, 0.4) is 0 Å². The lowest BCUT2D eigenvalue weighted by Gasteiger charge is -2.15. The van der Waals surface area contributed by atoms with E-state index in [2.05, 4.69) is 18.3 Å². The number of amides is 1. The fourth-order valence-corrected chi connectivity index (χ4v) is 5.38. The highest BCUT2D eigenvalue weighted by molar-refractivity contribution is 8.00. The van der Waals surface area contributed by atoms with Crippen LogP contribution in [0.4, 0.5) is 5.00 Å². The zero-order valence-corrected chi connectivity index (χ0v) is 19.7. The van der Waals surface area contributed by atoms with Gasteiger partial charge in [0, 0.05) is 10.3 Å². The van der Waals surface area contributed by atoms with Gasteiger partial charge in [-0.1, -0.05) is 36.9 Å². The number of ether oxygens (including phenoxy) is 1. The van der Waals surface area contributed by atoms with E-state index in [9.17, 15) is 9.59 Å². The van der Waals surface area contributed by atoms with Gasteiger partial charge in [-0.15, -0.1) is 11.3 Å². The Hall–Kier alpha value is -2.38. The van der Waals surface area contributed by atoms with E-state index in [1.54, 1.807) is 0 Å². The van der Waals surface area contributed by atoms with E-state index in [1.807, 2.05) is 45.9 Å². The maximum Gasteiger partial charge on any atom is 0.341 e. The van der Waals surface area contributed by atoms with Crippen molar-refractivity contribution < 1.29 is 14.3 Å². The maximum atomic E-state index is 13.0. The van der Waals surface area contributed by atoms with Gasteiger partial charge in [-0.05, 0) is 56.9 Å². The SMILES string of the molecule is CCC(Sc1cc(C)c2cccc(C)c2n1)C(=O)Nc1sc(C)c(C)c1C(=O)OC. The number of para-hydroxylation sites is 1. The molecule has 3 rings (SSSR count). The lowest BCUT2D eigenvalue weighted by Crippen LogP contribution is -2.25. The minimum atomic E-state index is -0.435. The van der Waals surface area contributed by atoms with Crippen LogP contribution in [0.25, 0.3) is 10.9 Å². The number of benzene rings is 1. The third kappa shape index (κ3) is 4.37. The van der Waals surface area contributed by atoms with Crippen LogP contribution < -0.4 is 5.32 Å². The molecule has 2 heterocycles. The number of aromatic nitrogens is 1. The van der Waals surface area contributed by atoms with Gasteiger partial charge in [-0.25, -0.2) is 9.78 Å². The van der Waals surface area contributed by atoms with Crippen LogP contribution in [0.5, 0.6) is 0 Å². The monoisotopic (exact) mass is 442 g/mol. The molecule has 0 saturated heterocycles. The molecule has 1 atom stereocenters. The lowest BCUT2D eigenvalue weighted by atomic mass is 10.1. The number of aryl methyl sites for hydroxylation is 3. The summed E-state index contributed by atoms with van der Waals surface area (Å²) in [5, 5.41) is 5.12. The molecule has 0 aliphatic rings. The largest absolute Gasteiger partial charge is 0.465 e. The number of nitrogens with one attached hydrogen (secondary N) is 1. The Kier molecular flexibility index (Phi) is 6.83. The predicted octanol–water partition coefficient (Wildman–Crippen LogP) is 5.83. The molecule has 0 aliphatic carbocycles. The highest BCUT2D eigenvalue weighted by Crippen LogP contribution is 2.35. The third-order valence-electron chi connectivity index (χ3n) is 5.16. The summed E-state index contributed by atoms with van der Waals surface area (Å²) >= 11 is 2.85. The van der Waals surface area contributed by atoms with Gasteiger partial charge in [0.1, 0.15) is 5.00 Å². The van der Waals surface area contributed by atoms with Crippen molar-refractivity contribution in [1.82, 2.24) is 4.98 Å². The Bertz CT molecular complexity index is 1120. The molecule has 7 heteroatoms. The van der Waals surface area contributed by atoms with Crippen molar-refractivity contribution in [3.63, 3.8) is 0 Å². The van der Waals surface area contributed by atoms with Crippen molar-refractivity contribution in [2.45, 2.75) is 51.3 Å². The van der Waals surface area contributed by atoms with E-state index >= 15 is 0 Å². The lowest BCUT2D eigenvalue weighted by molar-refractivity contribution is -0.115. The van der Waals surface area contributed by atoms with Crippen molar-refractivity contribution in [2.75, 3.05) is 12.4 Å². The van der Waals surface area contributed by atoms with E-state index in [0.717, 1.165) is 37.5 Å². The molecule has 1 unspecified atom stereocenters. The van der Waals surface area contributed by atoms with Crippen LogP contribution in [-0.2, 0) is 9.53 Å². The number of thiophene rings is 1. The second-order valence-electron chi connectivity index (χ2n) is 7.23. The van der Waals surface area contributed by atoms with Gasteiger partial charge in [0.15, 0.2) is 0 Å². The minimum Gasteiger partial charge on any atom is -0.465 e. The molecule has 1 amide bonds. The number of carbonyl (C=O) groups excluding carboxylic acids is 2. The number of hydrogen-bond acceptors (Lipinski definition) is 6. The van der Waals surface area contributed by atoms with Gasteiger partial charge in [0.2, 0.25) is 5.91 Å². The summed E-state index contributed by atoms with van der Waals surface area (Å²) in [7, 11) is 1.35. The molecular formula is C23H26N2O3S2. The molecule has 0 spiro atoms. The fourth-order valence-electron chi connectivity index (χ4n) is 3.31. The van der Waals surface area contributed by atoms with Crippen molar-refractivity contribution >= 4 is 50.9 Å². The Balaban J connectivity index is 1.86. The number of pyridine rings is 1. The van der Waals surface area contributed by atoms with E-state index in [-0.39, 0.29) is 11.2 Å². The number of rotatable bonds is 6. The van der Waals surface area contributed by atoms with E-state index in [1.165, 1.54) is 30.2 Å². The topological polar surface area (TPSA) is 68.3 Å². The average molecular weight is 443 g/mol. The van der Waals surface area contributed by atoms with E-state index in [0.29, 0.717) is 17.0 Å². The third-order valence-corrected chi connectivity index (χ3v) is 7.57. The molecule has 0 bridgehead atoms. The molecule has 0 saturated carbocycles. The normalized spacial score (nSPS) is 12.1. The molecule has 5 nitrogen and oxygen atoms in total. The van der Waals surface area contributed by atoms with Crippen LogP contribution in [-0.4, -0.2) is 29.2 Å². The quantitative estimate of drug-likeness (QED) is 0.384. The summed E-state index contributed by atoms with van der Waals surface area (Å²) in [5.41, 5.74) is 4.49. The van der Waals surface area contributed by atoms with Crippen LogP contribution >= 0.6 is 23.1 Å². The molecule has 1 N–H and O–H groups in total. The van der Waals surface area contributed by atoms with Gasteiger partial charge in [0.25, 0.3) is 0 Å².